The van der Waals surface area contributed by atoms with E-state index in [-0.39, 0.29) is 16.4 Å². The molecule has 180 valence electrons. The van der Waals surface area contributed by atoms with Crippen LogP contribution in [-0.2, 0) is 36.4 Å². The molecule has 3 N–H and O–H groups in total. The highest BCUT2D eigenvalue weighted by Crippen LogP contribution is 2.46. The fraction of sp³-hybridized carbons (Fsp3) is 0.435. The predicted molar refractivity (Wildman–Crippen MR) is 120 cm³/mol. The van der Waals surface area contributed by atoms with Gasteiger partial charge in [0, 0.05) is 19.5 Å². The van der Waals surface area contributed by atoms with E-state index in [9.17, 15) is 23.4 Å². The second-order valence-corrected chi connectivity index (χ2v) is 9.84. The number of carbonyl (C=O) groups excluding carboxylic acids is 1. The quantitative estimate of drug-likeness (QED) is 0.337. The lowest BCUT2D eigenvalue weighted by Gasteiger charge is -2.46. The van der Waals surface area contributed by atoms with E-state index >= 15 is 0 Å². The average Bonchev–Trinajstić information content (AvgIpc) is 2.76. The molecule has 1 fully saturated rings. The number of nitrogens with zero attached hydrogens (tertiary/aromatic N) is 1. The number of aromatic hydroxyl groups is 2. The monoisotopic (exact) mass is 479 g/mol. The van der Waals surface area contributed by atoms with Crippen LogP contribution >= 0.6 is 0 Å². The fourth-order valence-corrected chi connectivity index (χ4v) is 4.61. The molecule has 0 bridgehead atoms. The van der Waals surface area contributed by atoms with Crippen molar-refractivity contribution in [1.82, 2.24) is 4.90 Å². The van der Waals surface area contributed by atoms with Gasteiger partial charge in [-0.05, 0) is 62.2 Å². The molecule has 0 aromatic heterocycles. The summed E-state index contributed by atoms with van der Waals surface area (Å²) < 4.78 is 40.5. The molecule has 2 aromatic carbocycles. The van der Waals surface area contributed by atoms with E-state index in [1.54, 1.807) is 18.2 Å². The van der Waals surface area contributed by atoms with Gasteiger partial charge in [-0.1, -0.05) is 17.7 Å². The lowest BCUT2D eigenvalue weighted by atomic mass is 9.78. The highest BCUT2D eigenvalue weighted by atomic mass is 32.2. The highest BCUT2D eigenvalue weighted by Gasteiger charge is 2.46. The standard InChI is InChI=1S/C16H21NO5.C7H8O3S/c1-17-5-3-16(4-6-17)11-9-13(19)12(18)7-10(11)8-14(22-16)15(20)21-2;1-6-2-4-7(5-3-6)11(8,9)10/h7,9,14,18-19H,3-6,8H2,1-2H3;2-5H,1H3,(H,8,9,10)/t14-;/m0./s1. The summed E-state index contributed by atoms with van der Waals surface area (Å²) in [6.45, 7) is 3.53. The van der Waals surface area contributed by atoms with Gasteiger partial charge in [0.15, 0.2) is 17.6 Å². The number of hydrogen-bond acceptors (Lipinski definition) is 8. The summed E-state index contributed by atoms with van der Waals surface area (Å²) in [7, 11) is -0.631. The van der Waals surface area contributed by atoms with Crippen molar-refractivity contribution in [3.8, 4) is 11.5 Å². The van der Waals surface area contributed by atoms with Crippen molar-refractivity contribution in [3.63, 3.8) is 0 Å². The van der Waals surface area contributed by atoms with Crippen LogP contribution in [0.25, 0.3) is 0 Å². The van der Waals surface area contributed by atoms with Crippen LogP contribution in [0.4, 0.5) is 0 Å². The minimum absolute atomic E-state index is 0.0666. The van der Waals surface area contributed by atoms with Crippen LogP contribution in [0.15, 0.2) is 41.3 Å². The number of piperidine rings is 1. The first-order chi connectivity index (χ1) is 15.4. The third-order valence-electron chi connectivity index (χ3n) is 6.04. The Hall–Kier alpha value is -2.66. The number of aryl methyl sites for hydroxylation is 1. The van der Waals surface area contributed by atoms with Gasteiger partial charge in [-0.15, -0.1) is 0 Å². The summed E-state index contributed by atoms with van der Waals surface area (Å²) in [5.74, 6) is -0.735. The number of phenols is 2. The zero-order chi connectivity index (χ0) is 24.4. The molecule has 9 nitrogen and oxygen atoms in total. The Morgan fingerprint density at radius 3 is 2.24 bits per heavy atom. The van der Waals surface area contributed by atoms with Crippen LogP contribution in [-0.4, -0.2) is 67.4 Å². The predicted octanol–water partition coefficient (Wildman–Crippen LogP) is 2.37. The van der Waals surface area contributed by atoms with Gasteiger partial charge in [0.2, 0.25) is 0 Å². The number of likely N-dealkylation sites (tertiary alicyclic amines) is 1. The average molecular weight is 480 g/mol. The number of fused-ring (bicyclic) bond motifs is 2. The normalized spacial score (nSPS) is 19.8. The molecule has 1 spiro atoms. The molecule has 4 rings (SSSR count). The second-order valence-electron chi connectivity index (χ2n) is 8.42. The molecule has 0 amide bonds. The maximum atomic E-state index is 11.9. The third kappa shape index (κ3) is 5.64. The molecule has 0 aliphatic carbocycles. The molecule has 0 saturated carbocycles. The topological polar surface area (TPSA) is 134 Å². The molecule has 1 saturated heterocycles. The summed E-state index contributed by atoms with van der Waals surface area (Å²) in [5, 5.41) is 19.6. The smallest absolute Gasteiger partial charge is 0.335 e. The Labute approximate surface area is 193 Å². The van der Waals surface area contributed by atoms with Gasteiger partial charge in [-0.25, -0.2) is 4.79 Å². The third-order valence-corrected chi connectivity index (χ3v) is 6.91. The lowest BCUT2D eigenvalue weighted by molar-refractivity contribution is -0.180. The van der Waals surface area contributed by atoms with Gasteiger partial charge in [-0.3, -0.25) is 4.55 Å². The Kier molecular flexibility index (Phi) is 7.32. The van der Waals surface area contributed by atoms with Crippen molar-refractivity contribution in [1.29, 1.82) is 0 Å². The summed E-state index contributed by atoms with van der Waals surface area (Å²) in [4.78, 5) is 14.1. The zero-order valence-electron chi connectivity index (χ0n) is 18.8. The molecule has 0 unspecified atom stereocenters. The number of benzene rings is 2. The molecule has 2 aromatic rings. The van der Waals surface area contributed by atoms with E-state index in [0.717, 1.165) is 42.6 Å². The van der Waals surface area contributed by atoms with Crippen LogP contribution in [0.1, 0.15) is 29.5 Å². The van der Waals surface area contributed by atoms with E-state index in [2.05, 4.69) is 4.90 Å². The minimum Gasteiger partial charge on any atom is -0.504 e. The zero-order valence-corrected chi connectivity index (χ0v) is 19.6. The summed E-state index contributed by atoms with van der Waals surface area (Å²) in [5.41, 5.74) is 2.05. The van der Waals surface area contributed by atoms with E-state index < -0.39 is 27.8 Å². The number of rotatable bonds is 2. The number of esters is 1. The molecule has 2 heterocycles. The molecule has 10 heteroatoms. The maximum Gasteiger partial charge on any atom is 0.335 e. The first-order valence-electron chi connectivity index (χ1n) is 10.5. The van der Waals surface area contributed by atoms with Crippen LogP contribution < -0.4 is 0 Å². The number of phenolic OH excluding ortho intramolecular Hbond substituents is 2. The van der Waals surface area contributed by atoms with Gasteiger partial charge in [0.05, 0.1) is 17.6 Å². The molecule has 1 atom stereocenters. The van der Waals surface area contributed by atoms with Crippen LogP contribution in [0.5, 0.6) is 11.5 Å². The maximum absolute atomic E-state index is 11.9. The molecule has 2 aliphatic heterocycles. The molecule has 2 aliphatic rings. The lowest BCUT2D eigenvalue weighted by Crippen LogP contribution is -2.49. The van der Waals surface area contributed by atoms with Crippen molar-refractivity contribution in [2.24, 2.45) is 0 Å². The summed E-state index contributed by atoms with van der Waals surface area (Å²) in [6.07, 6.45) is 1.13. The van der Waals surface area contributed by atoms with E-state index in [4.69, 9.17) is 14.0 Å². The molecule has 0 radical (unpaired) electrons. The Morgan fingerprint density at radius 2 is 1.70 bits per heavy atom. The van der Waals surface area contributed by atoms with Gasteiger partial charge in [-0.2, -0.15) is 8.42 Å². The van der Waals surface area contributed by atoms with Gasteiger partial charge in [0.1, 0.15) is 0 Å². The minimum atomic E-state index is -4.02. The van der Waals surface area contributed by atoms with E-state index in [1.807, 2.05) is 14.0 Å². The van der Waals surface area contributed by atoms with Crippen molar-refractivity contribution in [2.45, 2.75) is 42.8 Å². The van der Waals surface area contributed by atoms with Gasteiger partial charge >= 0.3 is 5.97 Å². The highest BCUT2D eigenvalue weighted by molar-refractivity contribution is 7.85. The SMILES string of the molecule is COC(=O)[C@@H]1Cc2cc(O)c(O)cc2C2(CCN(C)CC2)O1.Cc1ccc(S(=O)(=O)O)cc1. The van der Waals surface area contributed by atoms with Crippen LogP contribution in [0.3, 0.4) is 0 Å². The van der Waals surface area contributed by atoms with Gasteiger partial charge in [0.25, 0.3) is 10.1 Å². The summed E-state index contributed by atoms with van der Waals surface area (Å²) in [6, 6.07) is 9.09. The Morgan fingerprint density at radius 1 is 1.12 bits per heavy atom. The Bertz CT molecular complexity index is 1110. The van der Waals surface area contributed by atoms with Crippen molar-refractivity contribution < 1.29 is 37.5 Å². The fourth-order valence-electron chi connectivity index (χ4n) is 4.13. The number of carbonyl (C=O) groups is 1. The molecule has 33 heavy (non-hydrogen) atoms. The number of hydrogen-bond donors (Lipinski definition) is 3. The first kappa shape index (κ1) is 25.0. The Balaban J connectivity index is 0.000000235. The van der Waals surface area contributed by atoms with Crippen LogP contribution in [0, 0.1) is 6.92 Å². The first-order valence-corrected chi connectivity index (χ1v) is 11.9. The summed E-state index contributed by atoms with van der Waals surface area (Å²) >= 11 is 0. The van der Waals surface area contributed by atoms with Gasteiger partial charge < -0.3 is 24.6 Å². The van der Waals surface area contributed by atoms with Crippen molar-refractivity contribution in [2.75, 3.05) is 27.2 Å². The van der Waals surface area contributed by atoms with Crippen molar-refractivity contribution in [3.05, 3.63) is 53.1 Å². The number of methoxy groups -OCH3 is 1. The van der Waals surface area contributed by atoms with E-state index in [1.165, 1.54) is 25.3 Å². The van der Waals surface area contributed by atoms with Crippen molar-refractivity contribution >= 4 is 16.1 Å². The second kappa shape index (κ2) is 9.68. The molecular formula is C23H29NO8S. The van der Waals surface area contributed by atoms with E-state index in [0.29, 0.717) is 6.42 Å². The molecular weight excluding hydrogens is 450 g/mol. The van der Waals surface area contributed by atoms with Crippen LogP contribution in [0.2, 0.25) is 0 Å². The largest absolute Gasteiger partial charge is 0.504 e. The number of ether oxygens (including phenoxy) is 2.